The molecule has 11 heteroatoms. The predicted molar refractivity (Wildman–Crippen MR) is 86.8 cm³/mol. The van der Waals surface area contributed by atoms with Gasteiger partial charge in [-0.1, -0.05) is 0 Å². The highest BCUT2D eigenvalue weighted by Crippen LogP contribution is 2.38. The number of hydrogen-bond acceptors (Lipinski definition) is 7. The number of carboxylic acids is 1. The Balaban J connectivity index is 2.24. The van der Waals surface area contributed by atoms with Crippen molar-refractivity contribution in [3.05, 3.63) is 34.0 Å². The van der Waals surface area contributed by atoms with Gasteiger partial charge in [0.05, 0.1) is 23.8 Å². The van der Waals surface area contributed by atoms with Crippen molar-refractivity contribution in [3.8, 4) is 5.75 Å². The molecule has 2 heterocycles. The van der Waals surface area contributed by atoms with Crippen LogP contribution in [0.1, 0.15) is 16.8 Å². The number of pyridine rings is 1. The van der Waals surface area contributed by atoms with Gasteiger partial charge in [0.15, 0.2) is 0 Å². The molecular weight excluding hydrogens is 359 g/mol. The van der Waals surface area contributed by atoms with E-state index < -0.39 is 20.4 Å². The van der Waals surface area contributed by atoms with Gasteiger partial charge in [-0.3, -0.25) is 14.5 Å². The number of hydrogen-bond donors (Lipinski definition) is 4. The summed E-state index contributed by atoms with van der Waals surface area (Å²) in [6, 6.07) is 0. The average Bonchev–Trinajstić information content (AvgIpc) is 2.95. The number of phosphoric acid groups is 1. The van der Waals surface area contributed by atoms with Crippen molar-refractivity contribution in [3.63, 3.8) is 0 Å². The van der Waals surface area contributed by atoms with Crippen LogP contribution in [0.25, 0.3) is 0 Å². The molecule has 0 aliphatic carbocycles. The first-order chi connectivity index (χ1) is 11.2. The van der Waals surface area contributed by atoms with E-state index in [-0.39, 0.29) is 17.2 Å². The molecule has 1 aromatic heterocycles. The van der Waals surface area contributed by atoms with Crippen LogP contribution >= 0.6 is 19.6 Å². The molecule has 0 fully saturated rings. The molecule has 1 aliphatic rings. The lowest BCUT2D eigenvalue weighted by Gasteiger charge is -2.12. The molecule has 0 radical (unpaired) electrons. The van der Waals surface area contributed by atoms with Gasteiger partial charge in [0.1, 0.15) is 5.75 Å². The summed E-state index contributed by atoms with van der Waals surface area (Å²) in [5, 5.41) is 19.0. The molecule has 1 aliphatic heterocycles. The minimum absolute atomic E-state index is 0.00827. The number of rotatable bonds is 6. The minimum atomic E-state index is -4.66. The topological polar surface area (TPSA) is 150 Å². The lowest BCUT2D eigenvalue weighted by Crippen LogP contribution is -2.02. The maximum absolute atomic E-state index is 10.9. The van der Waals surface area contributed by atoms with Crippen molar-refractivity contribution in [1.82, 2.24) is 4.98 Å². The SMILES string of the molecule is Cc1ncc(COP(=O)(O)O)c(CN=C2C=C(C(=O)O)SC2)c1O. The maximum atomic E-state index is 10.9. The summed E-state index contributed by atoms with van der Waals surface area (Å²) in [5.74, 6) is -0.761. The highest BCUT2D eigenvalue weighted by molar-refractivity contribution is 8.05. The number of allylic oxidation sites excluding steroid dienone is 1. The molecule has 2 rings (SSSR count). The van der Waals surface area contributed by atoms with Crippen LogP contribution in [0.3, 0.4) is 0 Å². The molecule has 0 bridgehead atoms. The predicted octanol–water partition coefficient (Wildman–Crippen LogP) is 1.36. The first kappa shape index (κ1) is 18.6. The molecule has 130 valence electrons. The van der Waals surface area contributed by atoms with E-state index in [1.165, 1.54) is 12.3 Å². The molecular formula is C13H15N2O7PS. The Hall–Kier alpha value is -1.71. The lowest BCUT2D eigenvalue weighted by atomic mass is 10.1. The van der Waals surface area contributed by atoms with Crippen molar-refractivity contribution in [2.45, 2.75) is 20.1 Å². The second-order valence-electron chi connectivity index (χ2n) is 4.87. The number of thioether (sulfide) groups is 1. The zero-order chi connectivity index (χ0) is 17.9. The Bertz CT molecular complexity index is 772. The number of carboxylic acid groups (broad SMARTS) is 1. The fraction of sp³-hybridized carbons (Fsp3) is 0.308. The molecule has 0 saturated carbocycles. The molecule has 0 spiro atoms. The third-order valence-electron chi connectivity index (χ3n) is 3.14. The van der Waals surface area contributed by atoms with Crippen molar-refractivity contribution >= 4 is 31.3 Å². The number of phosphoric ester groups is 1. The van der Waals surface area contributed by atoms with Gasteiger partial charge in [0, 0.05) is 28.8 Å². The maximum Gasteiger partial charge on any atom is 0.469 e. The van der Waals surface area contributed by atoms with Crippen molar-refractivity contribution in [1.29, 1.82) is 0 Å². The third-order valence-corrected chi connectivity index (χ3v) is 4.65. The molecule has 0 unspecified atom stereocenters. The fourth-order valence-electron chi connectivity index (χ4n) is 1.92. The number of carbonyl (C=O) groups is 1. The van der Waals surface area contributed by atoms with E-state index in [2.05, 4.69) is 14.5 Å². The summed E-state index contributed by atoms with van der Waals surface area (Å²) in [7, 11) is -4.66. The number of aromatic nitrogens is 1. The first-order valence-electron chi connectivity index (χ1n) is 6.65. The van der Waals surface area contributed by atoms with Crippen molar-refractivity contribution < 1.29 is 33.9 Å². The van der Waals surface area contributed by atoms with Crippen LogP contribution in [-0.2, 0) is 27.0 Å². The molecule has 0 atom stereocenters. The van der Waals surface area contributed by atoms with Crippen LogP contribution in [0.4, 0.5) is 0 Å². The Kier molecular flexibility index (Phi) is 5.79. The number of aliphatic carboxylic acids is 1. The quantitative estimate of drug-likeness (QED) is 0.541. The van der Waals surface area contributed by atoms with Crippen LogP contribution in [0.15, 0.2) is 22.2 Å². The van der Waals surface area contributed by atoms with Crippen LogP contribution < -0.4 is 0 Å². The van der Waals surface area contributed by atoms with Gasteiger partial charge in [0.2, 0.25) is 0 Å². The first-order valence-corrected chi connectivity index (χ1v) is 9.16. The largest absolute Gasteiger partial charge is 0.506 e. The van der Waals surface area contributed by atoms with Crippen LogP contribution in [-0.4, -0.2) is 42.4 Å². The molecule has 1 aromatic rings. The zero-order valence-corrected chi connectivity index (χ0v) is 14.3. The number of aliphatic imine (C=N–C) groups is 1. The summed E-state index contributed by atoms with van der Waals surface area (Å²) >= 11 is 1.15. The van der Waals surface area contributed by atoms with E-state index in [0.717, 1.165) is 11.8 Å². The Morgan fingerprint density at radius 3 is 2.79 bits per heavy atom. The van der Waals surface area contributed by atoms with Gasteiger partial charge in [-0.05, 0) is 13.0 Å². The summed E-state index contributed by atoms with van der Waals surface area (Å²) < 4.78 is 15.3. The highest BCUT2D eigenvalue weighted by Gasteiger charge is 2.20. The van der Waals surface area contributed by atoms with E-state index in [9.17, 15) is 14.5 Å². The summed E-state index contributed by atoms with van der Waals surface area (Å²) in [5.41, 5.74) is 1.50. The van der Waals surface area contributed by atoms with Gasteiger partial charge in [-0.25, -0.2) is 9.36 Å². The standard InChI is InChI=1S/C13H15N2O7PS/c1-7-12(16)10(8(3-14-7)5-22-23(19,20)21)4-15-9-2-11(13(17)18)24-6-9/h2-3,16H,4-6H2,1H3,(H,17,18)(H2,19,20,21). The average molecular weight is 374 g/mol. The lowest BCUT2D eigenvalue weighted by molar-refractivity contribution is -0.131. The Labute approximate surface area is 141 Å². The van der Waals surface area contributed by atoms with Gasteiger partial charge in [0.25, 0.3) is 0 Å². The molecule has 4 N–H and O–H groups in total. The number of nitrogens with zero attached hydrogens (tertiary/aromatic N) is 2. The highest BCUT2D eigenvalue weighted by atomic mass is 32.2. The molecule has 0 amide bonds. The molecule has 24 heavy (non-hydrogen) atoms. The van der Waals surface area contributed by atoms with E-state index in [1.807, 2.05) is 0 Å². The third kappa shape index (κ3) is 4.89. The second-order valence-corrected chi connectivity index (χ2v) is 7.13. The van der Waals surface area contributed by atoms with E-state index >= 15 is 0 Å². The zero-order valence-electron chi connectivity index (χ0n) is 12.5. The van der Waals surface area contributed by atoms with E-state index in [4.69, 9.17) is 14.9 Å². The van der Waals surface area contributed by atoms with Crippen LogP contribution in [0.2, 0.25) is 0 Å². The molecule has 0 saturated heterocycles. The van der Waals surface area contributed by atoms with Crippen LogP contribution in [0, 0.1) is 6.92 Å². The van der Waals surface area contributed by atoms with Crippen molar-refractivity contribution in [2.24, 2.45) is 4.99 Å². The fourth-order valence-corrected chi connectivity index (χ4v) is 3.05. The van der Waals surface area contributed by atoms with E-state index in [1.54, 1.807) is 6.92 Å². The summed E-state index contributed by atoms with van der Waals surface area (Å²) in [6.07, 6.45) is 2.80. The number of aryl methyl sites for hydroxylation is 1. The Morgan fingerprint density at radius 2 is 2.21 bits per heavy atom. The van der Waals surface area contributed by atoms with Gasteiger partial charge in [-0.2, -0.15) is 0 Å². The second kappa shape index (κ2) is 7.45. The summed E-state index contributed by atoms with van der Waals surface area (Å²) in [4.78, 5) is 36.8. The Morgan fingerprint density at radius 1 is 1.50 bits per heavy atom. The van der Waals surface area contributed by atoms with Gasteiger partial charge < -0.3 is 20.0 Å². The monoisotopic (exact) mass is 374 g/mol. The molecule has 0 aromatic carbocycles. The normalized spacial score (nSPS) is 16.5. The summed E-state index contributed by atoms with van der Waals surface area (Å²) in [6.45, 7) is 1.15. The number of aromatic hydroxyl groups is 1. The van der Waals surface area contributed by atoms with Gasteiger partial charge in [-0.15, -0.1) is 11.8 Å². The smallest absolute Gasteiger partial charge is 0.469 e. The van der Waals surface area contributed by atoms with Crippen molar-refractivity contribution in [2.75, 3.05) is 5.75 Å². The minimum Gasteiger partial charge on any atom is -0.506 e. The van der Waals surface area contributed by atoms with Crippen LogP contribution in [0.5, 0.6) is 5.75 Å². The molecule has 9 nitrogen and oxygen atoms in total. The van der Waals surface area contributed by atoms with E-state index in [0.29, 0.717) is 28.3 Å². The van der Waals surface area contributed by atoms with Gasteiger partial charge >= 0.3 is 13.8 Å².